The first-order valence-electron chi connectivity index (χ1n) is 3.62. The van der Waals surface area contributed by atoms with Crippen LogP contribution in [0.2, 0.25) is 10.0 Å². The fourth-order valence-corrected chi connectivity index (χ4v) is 1.55. The molecule has 0 aromatic heterocycles. The summed E-state index contributed by atoms with van der Waals surface area (Å²) in [6, 6.07) is 5.46. The molecule has 0 atom stereocenters. The van der Waals surface area contributed by atoms with E-state index in [0.717, 1.165) is 12.0 Å². The Morgan fingerprint density at radius 1 is 1.25 bits per heavy atom. The first kappa shape index (κ1) is 9.85. The van der Waals surface area contributed by atoms with Crippen LogP contribution in [0.5, 0.6) is 0 Å². The lowest BCUT2D eigenvalue weighted by atomic mass is 10.1. The zero-order valence-corrected chi connectivity index (χ0v) is 7.99. The summed E-state index contributed by atoms with van der Waals surface area (Å²) in [6.07, 6.45) is 0.745. The quantitative estimate of drug-likeness (QED) is 0.743. The number of nitrogens with one attached hydrogen (secondary N) is 1. The Hall–Kier alpha value is -0.240. The Morgan fingerprint density at radius 2 is 1.83 bits per heavy atom. The predicted molar refractivity (Wildman–Crippen MR) is 52.5 cm³/mol. The predicted octanol–water partition coefficient (Wildman–Crippen LogP) is 2.79. The number of rotatable bonds is 3. The van der Waals surface area contributed by atoms with Crippen molar-refractivity contribution in [3.8, 4) is 0 Å². The highest BCUT2D eigenvalue weighted by Gasteiger charge is 2.03. The van der Waals surface area contributed by atoms with Crippen molar-refractivity contribution in [1.82, 2.24) is 5.32 Å². The normalized spacial score (nSPS) is 10.2. The fourth-order valence-electron chi connectivity index (χ4n) is 0.968. The largest absolute Gasteiger partial charge is 0.311 e. The van der Waals surface area contributed by atoms with Gasteiger partial charge in [0.15, 0.2) is 0 Å². The van der Waals surface area contributed by atoms with E-state index in [1.165, 1.54) is 0 Å². The zero-order valence-electron chi connectivity index (χ0n) is 6.48. The molecule has 12 heavy (non-hydrogen) atoms. The third-order valence-electron chi connectivity index (χ3n) is 1.58. The summed E-state index contributed by atoms with van der Waals surface area (Å²) in [7, 11) is 5.14. The lowest BCUT2D eigenvalue weighted by Gasteiger charge is -2.05. The number of benzene rings is 1. The number of hydrogen-bond acceptors (Lipinski definition) is 1. The molecular weight excluding hydrogens is 193 g/mol. The van der Waals surface area contributed by atoms with Crippen LogP contribution >= 0.6 is 23.2 Å². The number of halogens is 2. The monoisotopic (exact) mass is 201 g/mol. The summed E-state index contributed by atoms with van der Waals surface area (Å²) >= 11 is 11.8. The maximum atomic E-state index is 5.91. The van der Waals surface area contributed by atoms with Gasteiger partial charge in [-0.3, -0.25) is 0 Å². The highest BCUT2D eigenvalue weighted by Crippen LogP contribution is 2.24. The molecule has 2 radical (unpaired) electrons. The third-order valence-corrected chi connectivity index (χ3v) is 2.29. The van der Waals surface area contributed by atoms with Gasteiger partial charge in [-0.2, -0.15) is 0 Å². The third kappa shape index (κ3) is 2.37. The molecular formula is C9H9Cl2N. The van der Waals surface area contributed by atoms with Gasteiger partial charge < -0.3 is 5.32 Å². The van der Waals surface area contributed by atoms with Gasteiger partial charge in [-0.05, 0) is 30.7 Å². The van der Waals surface area contributed by atoms with Gasteiger partial charge in [0.05, 0.1) is 0 Å². The van der Waals surface area contributed by atoms with Crippen molar-refractivity contribution < 1.29 is 0 Å². The molecule has 0 saturated carbocycles. The molecule has 64 valence electrons. The van der Waals surface area contributed by atoms with Crippen molar-refractivity contribution in [3.63, 3.8) is 0 Å². The van der Waals surface area contributed by atoms with Gasteiger partial charge in [0, 0.05) is 17.1 Å². The van der Waals surface area contributed by atoms with Crippen LogP contribution in [-0.4, -0.2) is 6.54 Å². The molecule has 0 bridgehead atoms. The van der Waals surface area contributed by atoms with Crippen LogP contribution in [0.25, 0.3) is 0 Å². The van der Waals surface area contributed by atoms with Crippen LogP contribution < -0.4 is 5.32 Å². The van der Waals surface area contributed by atoms with E-state index in [0.29, 0.717) is 16.6 Å². The van der Waals surface area contributed by atoms with Crippen molar-refractivity contribution in [2.24, 2.45) is 0 Å². The fraction of sp³-hybridized carbons (Fsp3) is 0.222. The van der Waals surface area contributed by atoms with Crippen molar-refractivity contribution >= 4 is 23.2 Å². The molecule has 0 unspecified atom stereocenters. The van der Waals surface area contributed by atoms with Crippen LogP contribution in [0.15, 0.2) is 18.2 Å². The van der Waals surface area contributed by atoms with Crippen LogP contribution in [-0.2, 0) is 6.42 Å². The molecule has 0 fully saturated rings. The summed E-state index contributed by atoms with van der Waals surface area (Å²) in [5.41, 5.74) is 0.943. The first-order chi connectivity index (χ1) is 5.75. The van der Waals surface area contributed by atoms with E-state index in [1.807, 2.05) is 18.2 Å². The Balaban J connectivity index is 2.81. The van der Waals surface area contributed by atoms with E-state index < -0.39 is 0 Å². The zero-order chi connectivity index (χ0) is 8.97. The van der Waals surface area contributed by atoms with Gasteiger partial charge in [-0.15, -0.1) is 0 Å². The topological polar surface area (TPSA) is 12.0 Å². The lowest BCUT2D eigenvalue weighted by Crippen LogP contribution is -2.08. The highest BCUT2D eigenvalue weighted by atomic mass is 35.5. The molecule has 0 spiro atoms. The van der Waals surface area contributed by atoms with Gasteiger partial charge in [0.2, 0.25) is 0 Å². The van der Waals surface area contributed by atoms with E-state index in [-0.39, 0.29) is 0 Å². The molecule has 1 nitrogen and oxygen atoms in total. The molecule has 1 aromatic carbocycles. The first-order valence-corrected chi connectivity index (χ1v) is 4.37. The molecule has 1 N–H and O–H groups in total. The van der Waals surface area contributed by atoms with E-state index in [1.54, 1.807) is 0 Å². The summed E-state index contributed by atoms with van der Waals surface area (Å²) in [5.74, 6) is 0. The van der Waals surface area contributed by atoms with E-state index in [4.69, 9.17) is 30.2 Å². The lowest BCUT2D eigenvalue weighted by molar-refractivity contribution is 0.829. The van der Waals surface area contributed by atoms with Crippen LogP contribution in [0, 0.1) is 7.05 Å². The molecule has 1 aromatic rings. The Kier molecular flexibility index (Phi) is 3.86. The minimum Gasteiger partial charge on any atom is -0.311 e. The molecule has 0 aliphatic heterocycles. The molecule has 0 saturated heterocycles. The Labute approximate surface area is 82.7 Å². The van der Waals surface area contributed by atoms with Crippen molar-refractivity contribution in [3.05, 3.63) is 40.9 Å². The van der Waals surface area contributed by atoms with Crippen molar-refractivity contribution in [2.75, 3.05) is 6.54 Å². The number of hydrogen-bond donors (Lipinski definition) is 1. The maximum absolute atomic E-state index is 5.91. The second-order valence-corrected chi connectivity index (χ2v) is 3.22. The van der Waals surface area contributed by atoms with Crippen molar-refractivity contribution in [2.45, 2.75) is 6.42 Å². The van der Waals surface area contributed by atoms with Gasteiger partial charge in [0.1, 0.15) is 0 Å². The van der Waals surface area contributed by atoms with Gasteiger partial charge in [0.25, 0.3) is 0 Å². The smallest absolute Gasteiger partial charge is 0.0453 e. The molecule has 0 amide bonds. The molecule has 1 rings (SSSR count). The van der Waals surface area contributed by atoms with Gasteiger partial charge in [-0.1, -0.05) is 29.3 Å². The maximum Gasteiger partial charge on any atom is 0.0453 e. The van der Waals surface area contributed by atoms with E-state index in [9.17, 15) is 0 Å². The SMILES string of the molecule is [CH]NCCc1c(Cl)cccc1Cl. The molecule has 0 heterocycles. The average Bonchev–Trinajstić information content (AvgIpc) is 2.04. The second-order valence-electron chi connectivity index (χ2n) is 2.40. The van der Waals surface area contributed by atoms with Crippen molar-refractivity contribution in [1.29, 1.82) is 0 Å². The minimum absolute atomic E-state index is 0.670. The van der Waals surface area contributed by atoms with Crippen LogP contribution in [0.3, 0.4) is 0 Å². The summed E-state index contributed by atoms with van der Waals surface area (Å²) < 4.78 is 0. The average molecular weight is 202 g/mol. The standard InChI is InChI=1S/C9H9Cl2N/c1-12-6-5-7-8(10)3-2-4-9(7)11/h1-4,12H,5-6H2. The highest BCUT2D eigenvalue weighted by molar-refractivity contribution is 6.35. The Morgan fingerprint density at radius 3 is 2.33 bits per heavy atom. The van der Waals surface area contributed by atoms with Gasteiger partial charge >= 0.3 is 0 Å². The Bertz CT molecular complexity index is 240. The summed E-state index contributed by atoms with van der Waals surface area (Å²) in [4.78, 5) is 0. The summed E-state index contributed by atoms with van der Waals surface area (Å²) in [6.45, 7) is 0.670. The van der Waals surface area contributed by atoms with Crippen LogP contribution in [0.1, 0.15) is 5.56 Å². The minimum atomic E-state index is 0.670. The molecule has 3 heteroatoms. The van der Waals surface area contributed by atoms with E-state index >= 15 is 0 Å². The molecule has 0 aliphatic rings. The molecule has 0 aliphatic carbocycles. The second kappa shape index (κ2) is 4.70. The van der Waals surface area contributed by atoms with Gasteiger partial charge in [-0.25, -0.2) is 0 Å². The van der Waals surface area contributed by atoms with E-state index in [2.05, 4.69) is 5.32 Å². The summed E-state index contributed by atoms with van der Waals surface area (Å²) in [5, 5.41) is 3.94. The van der Waals surface area contributed by atoms with Crippen LogP contribution in [0.4, 0.5) is 0 Å².